The molecule has 0 bridgehead atoms. The number of carbonyl (C=O) groups is 2. The molecular formula is C12H19N3O3. The fourth-order valence-corrected chi connectivity index (χ4v) is 1.90. The number of likely N-dealkylation sites (N-methyl/N-ethyl adjacent to an activating group) is 1. The molecule has 0 aromatic rings. The van der Waals surface area contributed by atoms with Crippen molar-refractivity contribution in [3.8, 4) is 6.07 Å². The van der Waals surface area contributed by atoms with Crippen LogP contribution in [0.5, 0.6) is 0 Å². The Labute approximate surface area is 107 Å². The standard InChI is InChI=1S/C12H19N3O3/c1-3-9(7-13)12(17)15-5-6-18-8-10(15)11(16)14-4-2/h9-10H,3-6,8H2,1-2H3,(H,14,16). The van der Waals surface area contributed by atoms with E-state index in [1.165, 1.54) is 4.90 Å². The summed E-state index contributed by atoms with van der Waals surface area (Å²) in [6.45, 7) is 5.07. The van der Waals surface area contributed by atoms with Crippen molar-refractivity contribution in [2.24, 2.45) is 5.92 Å². The van der Waals surface area contributed by atoms with Gasteiger partial charge in [0.25, 0.3) is 0 Å². The van der Waals surface area contributed by atoms with E-state index in [1.807, 2.05) is 13.0 Å². The summed E-state index contributed by atoms with van der Waals surface area (Å²) in [6.07, 6.45) is 0.453. The third-order valence-corrected chi connectivity index (χ3v) is 2.93. The van der Waals surface area contributed by atoms with Crippen LogP contribution < -0.4 is 5.32 Å². The number of amides is 2. The van der Waals surface area contributed by atoms with E-state index in [-0.39, 0.29) is 18.4 Å². The van der Waals surface area contributed by atoms with Crippen LogP contribution in [0, 0.1) is 17.2 Å². The van der Waals surface area contributed by atoms with Gasteiger partial charge in [0.15, 0.2) is 0 Å². The number of morpholine rings is 1. The van der Waals surface area contributed by atoms with Crippen LogP contribution in [0.3, 0.4) is 0 Å². The van der Waals surface area contributed by atoms with Gasteiger partial charge in [0.2, 0.25) is 11.8 Å². The molecule has 0 saturated carbocycles. The molecule has 18 heavy (non-hydrogen) atoms. The van der Waals surface area contributed by atoms with Gasteiger partial charge in [0, 0.05) is 13.1 Å². The molecular weight excluding hydrogens is 234 g/mol. The summed E-state index contributed by atoms with van der Waals surface area (Å²) < 4.78 is 5.24. The van der Waals surface area contributed by atoms with Crippen LogP contribution in [-0.2, 0) is 14.3 Å². The number of nitrogens with zero attached hydrogens (tertiary/aromatic N) is 2. The second-order valence-corrected chi connectivity index (χ2v) is 4.11. The first kappa shape index (κ1) is 14.5. The number of nitriles is 1. The van der Waals surface area contributed by atoms with E-state index in [0.717, 1.165) is 0 Å². The van der Waals surface area contributed by atoms with Gasteiger partial charge in [-0.1, -0.05) is 6.92 Å². The number of hydrogen-bond acceptors (Lipinski definition) is 4. The van der Waals surface area contributed by atoms with Gasteiger partial charge in [0.05, 0.1) is 19.3 Å². The highest BCUT2D eigenvalue weighted by molar-refractivity contribution is 5.89. The molecule has 0 aromatic heterocycles. The Kier molecular flexibility index (Phi) is 5.59. The highest BCUT2D eigenvalue weighted by Gasteiger charge is 2.35. The van der Waals surface area contributed by atoms with E-state index in [4.69, 9.17) is 10.00 Å². The van der Waals surface area contributed by atoms with Crippen molar-refractivity contribution >= 4 is 11.8 Å². The summed E-state index contributed by atoms with van der Waals surface area (Å²) in [5.74, 6) is -1.18. The average Bonchev–Trinajstić information content (AvgIpc) is 2.40. The summed E-state index contributed by atoms with van der Waals surface area (Å²) in [4.78, 5) is 25.5. The second kappa shape index (κ2) is 6.97. The van der Waals surface area contributed by atoms with E-state index >= 15 is 0 Å². The van der Waals surface area contributed by atoms with Crippen molar-refractivity contribution in [3.05, 3.63) is 0 Å². The van der Waals surface area contributed by atoms with Crippen LogP contribution in [-0.4, -0.2) is 49.1 Å². The quantitative estimate of drug-likeness (QED) is 0.758. The van der Waals surface area contributed by atoms with Crippen molar-refractivity contribution in [1.29, 1.82) is 5.26 Å². The Morgan fingerprint density at radius 2 is 2.28 bits per heavy atom. The third-order valence-electron chi connectivity index (χ3n) is 2.93. The van der Waals surface area contributed by atoms with Crippen molar-refractivity contribution in [2.75, 3.05) is 26.3 Å². The van der Waals surface area contributed by atoms with E-state index in [0.29, 0.717) is 26.1 Å². The zero-order valence-corrected chi connectivity index (χ0v) is 10.8. The Hall–Kier alpha value is -1.61. The summed E-state index contributed by atoms with van der Waals surface area (Å²) in [5.41, 5.74) is 0. The lowest BCUT2D eigenvalue weighted by Crippen LogP contribution is -2.57. The number of rotatable bonds is 4. The van der Waals surface area contributed by atoms with Gasteiger partial charge in [-0.05, 0) is 13.3 Å². The molecule has 2 unspecified atom stereocenters. The van der Waals surface area contributed by atoms with E-state index in [2.05, 4.69) is 5.32 Å². The SMILES string of the molecule is CCNC(=O)C1COCCN1C(=O)C(C#N)CC. The van der Waals surface area contributed by atoms with Gasteiger partial charge in [-0.3, -0.25) is 9.59 Å². The Balaban J connectivity index is 2.79. The molecule has 2 amide bonds. The van der Waals surface area contributed by atoms with Crippen LogP contribution in [0.2, 0.25) is 0 Å². The molecule has 1 saturated heterocycles. The van der Waals surface area contributed by atoms with Crippen molar-refractivity contribution in [3.63, 3.8) is 0 Å². The minimum atomic E-state index is -0.681. The maximum absolute atomic E-state index is 12.1. The maximum atomic E-state index is 12.1. The van der Waals surface area contributed by atoms with Crippen molar-refractivity contribution in [1.82, 2.24) is 10.2 Å². The zero-order chi connectivity index (χ0) is 13.5. The van der Waals surface area contributed by atoms with Crippen LogP contribution in [0.4, 0.5) is 0 Å². The molecule has 2 atom stereocenters. The van der Waals surface area contributed by atoms with E-state index < -0.39 is 12.0 Å². The zero-order valence-electron chi connectivity index (χ0n) is 10.8. The maximum Gasteiger partial charge on any atom is 0.245 e. The predicted molar refractivity (Wildman–Crippen MR) is 64.4 cm³/mol. The molecule has 1 rings (SSSR count). The monoisotopic (exact) mass is 253 g/mol. The normalized spacial score (nSPS) is 20.9. The van der Waals surface area contributed by atoms with Crippen LogP contribution in [0.15, 0.2) is 0 Å². The third kappa shape index (κ3) is 3.20. The topological polar surface area (TPSA) is 82.4 Å². The number of carbonyl (C=O) groups excluding carboxylic acids is 2. The molecule has 1 heterocycles. The summed E-state index contributed by atoms with van der Waals surface area (Å²) in [7, 11) is 0. The van der Waals surface area contributed by atoms with Gasteiger partial charge >= 0.3 is 0 Å². The Bertz CT molecular complexity index is 351. The number of hydrogen-bond donors (Lipinski definition) is 1. The first-order chi connectivity index (χ1) is 8.65. The highest BCUT2D eigenvalue weighted by atomic mass is 16.5. The molecule has 0 radical (unpaired) electrons. The molecule has 0 spiro atoms. The fraction of sp³-hybridized carbons (Fsp3) is 0.750. The lowest BCUT2D eigenvalue weighted by molar-refractivity contribution is -0.150. The van der Waals surface area contributed by atoms with Crippen molar-refractivity contribution < 1.29 is 14.3 Å². The molecule has 100 valence electrons. The largest absolute Gasteiger partial charge is 0.377 e. The Morgan fingerprint density at radius 1 is 1.56 bits per heavy atom. The molecule has 0 aromatic carbocycles. The van der Waals surface area contributed by atoms with Gasteiger partial charge in [0.1, 0.15) is 12.0 Å². The molecule has 1 fully saturated rings. The van der Waals surface area contributed by atoms with E-state index in [1.54, 1.807) is 6.92 Å². The fourth-order valence-electron chi connectivity index (χ4n) is 1.90. The summed E-state index contributed by atoms with van der Waals surface area (Å²) >= 11 is 0. The number of ether oxygens (including phenoxy) is 1. The van der Waals surface area contributed by atoms with Gasteiger partial charge in [-0.25, -0.2) is 0 Å². The number of nitrogens with one attached hydrogen (secondary N) is 1. The molecule has 1 aliphatic rings. The molecule has 1 aliphatic heterocycles. The molecule has 6 heteroatoms. The second-order valence-electron chi connectivity index (χ2n) is 4.11. The average molecular weight is 253 g/mol. The van der Waals surface area contributed by atoms with Crippen LogP contribution in [0.25, 0.3) is 0 Å². The molecule has 6 nitrogen and oxygen atoms in total. The highest BCUT2D eigenvalue weighted by Crippen LogP contribution is 2.14. The first-order valence-electron chi connectivity index (χ1n) is 6.21. The minimum absolute atomic E-state index is 0.194. The summed E-state index contributed by atoms with van der Waals surface area (Å²) in [6, 6.07) is 1.36. The smallest absolute Gasteiger partial charge is 0.245 e. The van der Waals surface area contributed by atoms with E-state index in [9.17, 15) is 9.59 Å². The minimum Gasteiger partial charge on any atom is -0.377 e. The Morgan fingerprint density at radius 3 is 2.83 bits per heavy atom. The molecule has 1 N–H and O–H groups in total. The lowest BCUT2D eigenvalue weighted by atomic mass is 10.0. The van der Waals surface area contributed by atoms with Gasteiger partial charge in [-0.15, -0.1) is 0 Å². The van der Waals surface area contributed by atoms with Crippen LogP contribution in [0.1, 0.15) is 20.3 Å². The lowest BCUT2D eigenvalue weighted by Gasteiger charge is -2.35. The van der Waals surface area contributed by atoms with Gasteiger partial charge < -0.3 is 15.0 Å². The van der Waals surface area contributed by atoms with Crippen LogP contribution >= 0.6 is 0 Å². The van der Waals surface area contributed by atoms with Gasteiger partial charge in [-0.2, -0.15) is 5.26 Å². The van der Waals surface area contributed by atoms with Crippen molar-refractivity contribution in [2.45, 2.75) is 26.3 Å². The predicted octanol–water partition coefficient (Wildman–Crippen LogP) is -0.100. The summed E-state index contributed by atoms with van der Waals surface area (Å²) in [5, 5.41) is 11.6. The first-order valence-corrected chi connectivity index (χ1v) is 6.21. The molecule has 0 aliphatic carbocycles.